The Hall–Kier alpha value is 0.700. The maximum atomic E-state index is 11.1. The molecule has 0 aromatic rings. The molecule has 7 heteroatoms. The van der Waals surface area contributed by atoms with E-state index in [4.69, 9.17) is 5.73 Å². The molecule has 0 spiro atoms. The molecule has 0 aromatic carbocycles. The first-order chi connectivity index (χ1) is 5.07. The fraction of sp³-hybridized carbons (Fsp3) is 1.00. The lowest BCUT2D eigenvalue weighted by Gasteiger charge is -2.04. The van der Waals surface area contributed by atoms with Crippen LogP contribution in [0.2, 0.25) is 0 Å². The van der Waals surface area contributed by atoms with Crippen LogP contribution in [0.5, 0.6) is 0 Å². The highest BCUT2D eigenvalue weighted by Crippen LogP contribution is 2.31. The summed E-state index contributed by atoms with van der Waals surface area (Å²) < 4.78 is 22.1. The van der Waals surface area contributed by atoms with Crippen LogP contribution in [0.3, 0.4) is 0 Å². The van der Waals surface area contributed by atoms with Gasteiger partial charge in [0, 0.05) is 11.3 Å². The average Bonchev–Trinajstić information content (AvgIpc) is 2.17. The summed E-state index contributed by atoms with van der Waals surface area (Å²) in [5.41, 5.74) is 5.50. The number of nitrogens with two attached hydrogens (primary N) is 1. The zero-order valence-corrected chi connectivity index (χ0v) is 9.61. The highest BCUT2D eigenvalue weighted by molar-refractivity contribution is 8.93. The fourth-order valence-corrected chi connectivity index (χ4v) is 5.34. The van der Waals surface area contributed by atoms with E-state index < -0.39 is 9.84 Å². The molecule has 0 amide bonds. The van der Waals surface area contributed by atoms with Crippen LogP contribution in [0.25, 0.3) is 0 Å². The second-order valence-electron chi connectivity index (χ2n) is 2.95. The van der Waals surface area contributed by atoms with Crippen molar-refractivity contribution in [2.45, 2.75) is 16.8 Å². The number of nitrogens with one attached hydrogen (secondary N) is 1. The second kappa shape index (κ2) is 3.45. The molecule has 3 N–H and O–H groups in total. The van der Waals surface area contributed by atoms with Crippen molar-refractivity contribution in [3.63, 3.8) is 0 Å². The minimum atomic E-state index is -2.77. The predicted octanol–water partition coefficient (Wildman–Crippen LogP) is -0.691. The predicted molar refractivity (Wildman–Crippen MR) is 55.3 cm³/mol. The molecule has 0 radical (unpaired) electrons. The lowest BCUT2D eigenvalue weighted by molar-refractivity contribution is 0.580. The number of halogens is 1. The lowest BCUT2D eigenvalue weighted by atomic mass is 10.3. The van der Waals surface area contributed by atoms with Gasteiger partial charge in [0.1, 0.15) is 5.50 Å². The van der Waals surface area contributed by atoms with Gasteiger partial charge in [0.2, 0.25) is 0 Å². The van der Waals surface area contributed by atoms with Gasteiger partial charge in [-0.2, -0.15) is 0 Å². The van der Waals surface area contributed by atoms with Crippen LogP contribution in [-0.4, -0.2) is 36.7 Å². The molecule has 1 unspecified atom stereocenters. The van der Waals surface area contributed by atoms with E-state index in [1.165, 1.54) is 11.8 Å². The summed E-state index contributed by atoms with van der Waals surface area (Å²) in [6, 6.07) is 0.0972. The van der Waals surface area contributed by atoms with Crippen molar-refractivity contribution in [1.29, 1.82) is 0 Å². The molecule has 2 saturated heterocycles. The van der Waals surface area contributed by atoms with E-state index >= 15 is 0 Å². The molecule has 72 valence electrons. The van der Waals surface area contributed by atoms with Gasteiger partial charge in [-0.3, -0.25) is 5.32 Å². The molecule has 0 bridgehead atoms. The molecule has 0 aromatic heterocycles. The third-order valence-corrected chi connectivity index (χ3v) is 5.22. The fourth-order valence-electron chi connectivity index (χ4n) is 1.54. The van der Waals surface area contributed by atoms with Crippen molar-refractivity contribution in [3.05, 3.63) is 0 Å². The second-order valence-corrected chi connectivity index (χ2v) is 6.48. The van der Waals surface area contributed by atoms with Gasteiger partial charge in [-0.15, -0.1) is 28.7 Å². The van der Waals surface area contributed by atoms with Crippen LogP contribution >= 0.6 is 28.7 Å². The van der Waals surface area contributed by atoms with Crippen LogP contribution in [0.4, 0.5) is 0 Å². The van der Waals surface area contributed by atoms with Crippen LogP contribution in [0.1, 0.15) is 0 Å². The number of rotatable bonds is 0. The number of hydrogen-bond acceptors (Lipinski definition) is 5. The summed E-state index contributed by atoms with van der Waals surface area (Å²) in [7, 11) is -2.77. The Morgan fingerprint density at radius 3 is 2.67 bits per heavy atom. The summed E-state index contributed by atoms with van der Waals surface area (Å²) in [5.74, 6) is 0.557. The van der Waals surface area contributed by atoms with Gasteiger partial charge in [-0.05, 0) is 0 Å². The van der Waals surface area contributed by atoms with Gasteiger partial charge in [-0.1, -0.05) is 0 Å². The van der Waals surface area contributed by atoms with E-state index in [-0.39, 0.29) is 39.5 Å². The van der Waals surface area contributed by atoms with E-state index in [2.05, 4.69) is 5.32 Å². The monoisotopic (exact) mass is 274 g/mol. The zero-order chi connectivity index (χ0) is 8.06. The maximum Gasteiger partial charge on any atom is 0.153 e. The van der Waals surface area contributed by atoms with Gasteiger partial charge in [0.05, 0.1) is 11.5 Å². The normalized spacial score (nSPS) is 43.6. The van der Waals surface area contributed by atoms with Crippen molar-refractivity contribution in [1.82, 2.24) is 5.32 Å². The van der Waals surface area contributed by atoms with Crippen molar-refractivity contribution in [2.24, 2.45) is 5.73 Å². The quantitative estimate of drug-likeness (QED) is 0.612. The topological polar surface area (TPSA) is 72.2 Å². The lowest BCUT2D eigenvalue weighted by Crippen LogP contribution is -2.37. The van der Waals surface area contributed by atoms with E-state index in [1.807, 2.05) is 0 Å². The van der Waals surface area contributed by atoms with E-state index in [1.54, 1.807) is 0 Å². The minimum absolute atomic E-state index is 0. The number of thioether (sulfide) groups is 1. The Balaban J connectivity index is 0.000000720. The third kappa shape index (κ3) is 1.95. The summed E-state index contributed by atoms with van der Waals surface area (Å²) in [6.07, 6.45) is 0. The van der Waals surface area contributed by atoms with E-state index in [9.17, 15) is 8.42 Å². The summed E-state index contributed by atoms with van der Waals surface area (Å²) in [5, 5.41) is 3.22. The molecule has 2 rings (SSSR count). The van der Waals surface area contributed by atoms with Crippen LogP contribution in [0.15, 0.2) is 0 Å². The third-order valence-electron chi connectivity index (χ3n) is 2.00. The molecule has 2 heterocycles. The first kappa shape index (κ1) is 10.8. The van der Waals surface area contributed by atoms with Crippen LogP contribution in [-0.2, 0) is 9.84 Å². The first-order valence-electron chi connectivity index (χ1n) is 3.44. The molecular weight excluding hydrogens is 264 g/mol. The zero-order valence-electron chi connectivity index (χ0n) is 6.26. The Bertz CT molecular complexity index is 249. The molecule has 2 aliphatic heterocycles. The number of hydrogen-bond donors (Lipinski definition) is 2. The Morgan fingerprint density at radius 1 is 1.42 bits per heavy atom. The van der Waals surface area contributed by atoms with E-state index in [0.29, 0.717) is 5.75 Å². The highest BCUT2D eigenvalue weighted by atomic mass is 79.9. The highest BCUT2D eigenvalue weighted by Gasteiger charge is 2.43. The van der Waals surface area contributed by atoms with Crippen LogP contribution in [0, 0.1) is 0 Å². The largest absolute Gasteiger partial charge is 0.307 e. The SMILES string of the molecule is Br.NC1N[C@H]2CS(=O)(=O)C[C@H]2S1. The molecule has 2 fully saturated rings. The molecule has 12 heavy (non-hydrogen) atoms. The Kier molecular flexibility index (Phi) is 3.10. The smallest absolute Gasteiger partial charge is 0.153 e. The van der Waals surface area contributed by atoms with Gasteiger partial charge in [0.15, 0.2) is 9.84 Å². The molecule has 0 saturated carbocycles. The maximum absolute atomic E-state index is 11.1. The Morgan fingerprint density at radius 2 is 2.08 bits per heavy atom. The molecular formula is C5H11BrN2O2S2. The molecule has 4 nitrogen and oxygen atoms in total. The number of sulfone groups is 1. The standard InChI is InChI=1S/C5H10N2O2S2.BrH/c6-5-7-3-1-11(8,9)2-4(3)10-5;/h3-5,7H,1-2,6H2;1H/t3-,4+,5?;/m0./s1. The van der Waals surface area contributed by atoms with Crippen molar-refractivity contribution in [3.8, 4) is 0 Å². The summed E-state index contributed by atoms with van der Waals surface area (Å²) in [6.45, 7) is 0. The van der Waals surface area contributed by atoms with Crippen molar-refractivity contribution >= 4 is 38.6 Å². The summed E-state index contributed by atoms with van der Waals surface area (Å²) >= 11 is 1.53. The molecule has 3 atom stereocenters. The Labute approximate surface area is 86.3 Å². The van der Waals surface area contributed by atoms with Gasteiger partial charge < -0.3 is 5.73 Å². The van der Waals surface area contributed by atoms with Crippen molar-refractivity contribution < 1.29 is 8.42 Å². The van der Waals surface area contributed by atoms with Crippen molar-refractivity contribution in [2.75, 3.05) is 11.5 Å². The average molecular weight is 275 g/mol. The summed E-state index contributed by atoms with van der Waals surface area (Å²) in [4.78, 5) is 0. The van der Waals surface area contributed by atoms with Crippen LogP contribution < -0.4 is 11.1 Å². The minimum Gasteiger partial charge on any atom is -0.307 e. The van der Waals surface area contributed by atoms with Gasteiger partial charge in [-0.25, -0.2) is 8.42 Å². The van der Waals surface area contributed by atoms with Gasteiger partial charge in [0.25, 0.3) is 0 Å². The molecule has 0 aliphatic carbocycles. The molecule has 2 aliphatic rings. The number of fused-ring (bicyclic) bond motifs is 1. The first-order valence-corrected chi connectivity index (χ1v) is 6.21. The van der Waals surface area contributed by atoms with E-state index in [0.717, 1.165) is 0 Å². The van der Waals surface area contributed by atoms with Gasteiger partial charge >= 0.3 is 0 Å².